The van der Waals surface area contributed by atoms with Gasteiger partial charge in [-0.15, -0.1) is 0 Å². The third-order valence-corrected chi connectivity index (χ3v) is 5.13. The minimum atomic E-state index is -0.464. The predicted octanol–water partition coefficient (Wildman–Crippen LogP) is 1.75. The van der Waals surface area contributed by atoms with E-state index >= 15 is 0 Å². The first-order valence-electron chi connectivity index (χ1n) is 8.19. The molecule has 2 aliphatic heterocycles. The lowest BCUT2D eigenvalue weighted by Gasteiger charge is -2.54. The van der Waals surface area contributed by atoms with Gasteiger partial charge < -0.3 is 20.1 Å². The molecule has 1 amide bonds. The van der Waals surface area contributed by atoms with Crippen molar-refractivity contribution in [2.24, 2.45) is 11.8 Å². The molecule has 0 aromatic carbocycles. The van der Waals surface area contributed by atoms with Crippen molar-refractivity contribution < 1.29 is 14.6 Å². The second-order valence-corrected chi connectivity index (χ2v) is 8.13. The topological polar surface area (TPSA) is 61.8 Å². The van der Waals surface area contributed by atoms with Crippen molar-refractivity contribution in [1.82, 2.24) is 10.2 Å². The third-order valence-electron chi connectivity index (χ3n) is 5.13. The first-order chi connectivity index (χ1) is 9.76. The summed E-state index contributed by atoms with van der Waals surface area (Å²) in [6, 6.07) is 0.466. The van der Waals surface area contributed by atoms with Gasteiger partial charge in [-0.2, -0.15) is 0 Å². The summed E-state index contributed by atoms with van der Waals surface area (Å²) in [5.41, 5.74) is -0.890. The van der Waals surface area contributed by atoms with Gasteiger partial charge >= 0.3 is 6.09 Å². The lowest BCUT2D eigenvalue weighted by atomic mass is 9.66. The molecule has 0 spiro atoms. The minimum Gasteiger partial charge on any atom is -0.444 e. The van der Waals surface area contributed by atoms with Gasteiger partial charge in [-0.25, -0.2) is 4.79 Å². The molecule has 120 valence electrons. The zero-order chi connectivity index (χ0) is 15.3. The van der Waals surface area contributed by atoms with E-state index in [1.165, 1.54) is 6.42 Å². The van der Waals surface area contributed by atoms with Gasteiger partial charge in [-0.05, 0) is 58.3 Å². The fourth-order valence-corrected chi connectivity index (χ4v) is 3.77. The fraction of sp³-hybridized carbons (Fsp3) is 0.938. The highest BCUT2D eigenvalue weighted by Gasteiger charge is 2.49. The molecule has 2 N–H and O–H groups in total. The number of nitrogens with one attached hydrogen (secondary N) is 1. The van der Waals surface area contributed by atoms with Crippen LogP contribution >= 0.6 is 0 Å². The smallest absolute Gasteiger partial charge is 0.410 e. The van der Waals surface area contributed by atoms with E-state index in [1.807, 2.05) is 25.7 Å². The van der Waals surface area contributed by atoms with Gasteiger partial charge in [0.1, 0.15) is 5.60 Å². The van der Waals surface area contributed by atoms with Crippen LogP contribution in [0.5, 0.6) is 0 Å². The van der Waals surface area contributed by atoms with Gasteiger partial charge in [0.15, 0.2) is 0 Å². The van der Waals surface area contributed by atoms with Crippen LogP contribution in [0.1, 0.15) is 46.5 Å². The molecule has 4 aliphatic rings. The van der Waals surface area contributed by atoms with E-state index in [2.05, 4.69) is 5.32 Å². The Bertz CT molecular complexity index is 402. The first kappa shape index (κ1) is 15.1. The number of carbonyl (C=O) groups excluding carboxylic acids is 1. The maximum absolute atomic E-state index is 12.1. The zero-order valence-corrected chi connectivity index (χ0v) is 13.4. The Balaban J connectivity index is 1.47. The Kier molecular flexibility index (Phi) is 3.69. The number of nitrogens with zero attached hydrogens (tertiary/aromatic N) is 1. The van der Waals surface area contributed by atoms with Gasteiger partial charge in [0.05, 0.1) is 5.60 Å². The molecule has 4 rings (SSSR count). The standard InChI is InChI=1S/C16H28N2O3/c1-15(2,3)21-14(19)18-8-11-7-12(9-18)13(11)17-10-16(20)5-4-6-16/h11-13,17,20H,4-10H2,1-3H3. The highest BCUT2D eigenvalue weighted by molar-refractivity contribution is 5.68. The quantitative estimate of drug-likeness (QED) is 0.833. The fourth-order valence-electron chi connectivity index (χ4n) is 3.77. The molecule has 0 aromatic heterocycles. The number of ether oxygens (including phenoxy) is 1. The molecule has 2 aliphatic carbocycles. The highest BCUT2D eigenvalue weighted by Crippen LogP contribution is 2.41. The third kappa shape index (κ3) is 3.19. The van der Waals surface area contributed by atoms with Crippen LogP contribution in [0.25, 0.3) is 0 Å². The van der Waals surface area contributed by atoms with E-state index in [0.29, 0.717) is 24.4 Å². The summed E-state index contributed by atoms with van der Waals surface area (Å²) in [6.45, 7) is 7.97. The maximum atomic E-state index is 12.1. The van der Waals surface area contributed by atoms with Crippen LogP contribution in [0.2, 0.25) is 0 Å². The normalized spacial score (nSPS) is 33.9. The van der Waals surface area contributed by atoms with Crippen molar-refractivity contribution in [3.8, 4) is 0 Å². The lowest BCUT2D eigenvalue weighted by Crippen LogP contribution is -2.66. The Morgan fingerprint density at radius 2 is 1.95 bits per heavy atom. The molecule has 2 bridgehead atoms. The predicted molar refractivity (Wildman–Crippen MR) is 80.0 cm³/mol. The first-order valence-corrected chi connectivity index (χ1v) is 8.19. The average Bonchev–Trinajstić information content (AvgIpc) is 2.35. The van der Waals surface area contributed by atoms with Crippen LogP contribution in [0, 0.1) is 11.8 Å². The molecule has 5 nitrogen and oxygen atoms in total. The zero-order valence-electron chi connectivity index (χ0n) is 13.4. The van der Waals surface area contributed by atoms with Crippen LogP contribution in [0.15, 0.2) is 0 Å². The van der Waals surface area contributed by atoms with Crippen molar-refractivity contribution in [3.05, 3.63) is 0 Å². The van der Waals surface area contributed by atoms with Crippen molar-refractivity contribution in [3.63, 3.8) is 0 Å². The van der Waals surface area contributed by atoms with Gasteiger partial charge in [-0.3, -0.25) is 0 Å². The summed E-state index contributed by atoms with van der Waals surface area (Å²) in [5, 5.41) is 13.7. The molecule has 2 heterocycles. The molecule has 2 atom stereocenters. The summed E-state index contributed by atoms with van der Waals surface area (Å²) < 4.78 is 5.45. The summed E-state index contributed by atoms with van der Waals surface area (Å²) in [7, 11) is 0. The number of amides is 1. The Morgan fingerprint density at radius 3 is 2.43 bits per heavy atom. The SMILES string of the molecule is CC(C)(C)OC(=O)N1CC2CC(C1)C2NCC1(O)CCC1. The van der Waals surface area contributed by atoms with Crippen LogP contribution in [0.3, 0.4) is 0 Å². The molecular formula is C16H28N2O3. The average molecular weight is 296 g/mol. The second kappa shape index (κ2) is 5.13. The van der Waals surface area contributed by atoms with Gasteiger partial charge in [-0.1, -0.05) is 0 Å². The van der Waals surface area contributed by atoms with Crippen LogP contribution < -0.4 is 5.32 Å². The van der Waals surface area contributed by atoms with Crippen molar-refractivity contribution >= 4 is 6.09 Å². The number of fused-ring (bicyclic) bond motifs is 2. The molecule has 2 saturated heterocycles. The van der Waals surface area contributed by atoms with E-state index in [-0.39, 0.29) is 6.09 Å². The number of hydrogen-bond acceptors (Lipinski definition) is 4. The molecule has 2 unspecified atom stereocenters. The van der Waals surface area contributed by atoms with Crippen LogP contribution in [-0.2, 0) is 4.74 Å². The largest absolute Gasteiger partial charge is 0.444 e. The van der Waals surface area contributed by atoms with Crippen LogP contribution in [-0.4, -0.2) is 53.0 Å². The summed E-state index contributed by atoms with van der Waals surface area (Å²) in [4.78, 5) is 13.9. The van der Waals surface area contributed by atoms with Crippen molar-refractivity contribution in [2.75, 3.05) is 19.6 Å². The van der Waals surface area contributed by atoms with Crippen molar-refractivity contribution in [2.45, 2.75) is 63.7 Å². The Morgan fingerprint density at radius 1 is 1.33 bits per heavy atom. The monoisotopic (exact) mass is 296 g/mol. The van der Waals surface area contributed by atoms with Gasteiger partial charge in [0.2, 0.25) is 0 Å². The minimum absolute atomic E-state index is 0.187. The maximum Gasteiger partial charge on any atom is 0.410 e. The number of aliphatic hydroxyl groups is 1. The summed E-state index contributed by atoms with van der Waals surface area (Å²) in [6.07, 6.45) is 3.99. The molecular weight excluding hydrogens is 268 g/mol. The summed E-state index contributed by atoms with van der Waals surface area (Å²) >= 11 is 0. The van der Waals surface area contributed by atoms with Crippen molar-refractivity contribution in [1.29, 1.82) is 0 Å². The van der Waals surface area contributed by atoms with E-state index in [4.69, 9.17) is 4.74 Å². The molecule has 4 fully saturated rings. The van der Waals surface area contributed by atoms with E-state index < -0.39 is 11.2 Å². The van der Waals surface area contributed by atoms with Gasteiger partial charge in [0.25, 0.3) is 0 Å². The molecule has 5 heteroatoms. The number of carbonyl (C=O) groups is 1. The Hall–Kier alpha value is -0.810. The van der Waals surface area contributed by atoms with E-state index in [1.54, 1.807) is 0 Å². The molecule has 21 heavy (non-hydrogen) atoms. The molecule has 0 aromatic rings. The highest BCUT2D eigenvalue weighted by atomic mass is 16.6. The second-order valence-electron chi connectivity index (χ2n) is 8.13. The lowest BCUT2D eigenvalue weighted by molar-refractivity contribution is -0.0624. The molecule has 2 saturated carbocycles. The molecule has 0 radical (unpaired) electrons. The van der Waals surface area contributed by atoms with Gasteiger partial charge in [0, 0.05) is 25.7 Å². The van der Waals surface area contributed by atoms with E-state index in [0.717, 1.165) is 32.4 Å². The number of piperidine rings is 2. The summed E-state index contributed by atoms with van der Waals surface area (Å²) in [5.74, 6) is 1.03. The number of hydrogen-bond donors (Lipinski definition) is 2. The Labute approximate surface area is 127 Å². The number of rotatable bonds is 3. The van der Waals surface area contributed by atoms with Crippen LogP contribution in [0.4, 0.5) is 4.79 Å². The van der Waals surface area contributed by atoms with E-state index in [9.17, 15) is 9.90 Å².